The molecule has 0 atom stereocenters. The van der Waals surface area contributed by atoms with Crippen LogP contribution < -0.4 is 10.5 Å². The second-order valence-corrected chi connectivity index (χ2v) is 9.56. The van der Waals surface area contributed by atoms with E-state index in [2.05, 4.69) is 35.2 Å². The third kappa shape index (κ3) is 4.74. The number of fused-ring (bicyclic) bond motifs is 2. The van der Waals surface area contributed by atoms with Gasteiger partial charge in [-0.25, -0.2) is 9.97 Å². The molecule has 7 nitrogen and oxygen atoms in total. The number of pyridine rings is 1. The lowest BCUT2D eigenvalue weighted by atomic mass is 10.1. The Morgan fingerprint density at radius 2 is 1.48 bits per heavy atom. The molecular weight excluding hydrogens is 496 g/mol. The molecular formula is C33H26N6O. The topological polar surface area (TPSA) is 79.2 Å². The molecule has 6 rings (SSSR count). The Hall–Kier alpha value is -5.48. The maximum Gasteiger partial charge on any atom is 0.267 e. The minimum absolute atomic E-state index is 0.252. The van der Waals surface area contributed by atoms with Gasteiger partial charge in [0, 0.05) is 26.3 Å². The predicted molar refractivity (Wildman–Crippen MR) is 158 cm³/mol. The van der Waals surface area contributed by atoms with Crippen LogP contribution in [0.1, 0.15) is 22.5 Å². The Balaban J connectivity index is 1.58. The van der Waals surface area contributed by atoms with Crippen molar-refractivity contribution in [3.8, 4) is 6.07 Å². The molecule has 6 aromatic rings. The second-order valence-electron chi connectivity index (χ2n) is 9.56. The molecule has 40 heavy (non-hydrogen) atoms. The van der Waals surface area contributed by atoms with Gasteiger partial charge in [0.15, 0.2) is 5.82 Å². The summed E-state index contributed by atoms with van der Waals surface area (Å²) in [6.45, 7) is 1.06. The summed E-state index contributed by atoms with van der Waals surface area (Å²) in [4.78, 5) is 25.8. The van der Waals surface area contributed by atoms with Crippen LogP contribution in [-0.2, 0) is 20.1 Å². The number of aromatic nitrogens is 4. The molecule has 3 aromatic heterocycles. The van der Waals surface area contributed by atoms with Crippen molar-refractivity contribution in [2.75, 3.05) is 4.90 Å². The van der Waals surface area contributed by atoms with Gasteiger partial charge in [-0.2, -0.15) is 5.26 Å². The number of nitrogens with zero attached hydrogens (tertiary/aromatic N) is 6. The lowest BCUT2D eigenvalue weighted by molar-refractivity contribution is 0.778. The Morgan fingerprint density at radius 3 is 2.12 bits per heavy atom. The molecule has 3 heterocycles. The number of allylic oxidation sites excluding steroid dienone is 1. The first-order valence-corrected chi connectivity index (χ1v) is 13.0. The van der Waals surface area contributed by atoms with Gasteiger partial charge >= 0.3 is 0 Å². The van der Waals surface area contributed by atoms with Gasteiger partial charge in [-0.3, -0.25) is 9.20 Å². The van der Waals surface area contributed by atoms with Crippen LogP contribution in [0.3, 0.4) is 0 Å². The lowest BCUT2D eigenvalue weighted by Gasteiger charge is -2.26. The van der Waals surface area contributed by atoms with Gasteiger partial charge in [0.1, 0.15) is 17.5 Å². The lowest BCUT2D eigenvalue weighted by Crippen LogP contribution is -2.29. The quantitative estimate of drug-likeness (QED) is 0.246. The average molecular weight is 523 g/mol. The summed E-state index contributed by atoms with van der Waals surface area (Å²) >= 11 is 0. The van der Waals surface area contributed by atoms with Gasteiger partial charge in [-0.05, 0) is 41.5 Å². The highest BCUT2D eigenvalue weighted by atomic mass is 16.1. The zero-order chi connectivity index (χ0) is 27.5. The smallest absolute Gasteiger partial charge is 0.267 e. The zero-order valence-corrected chi connectivity index (χ0v) is 22.0. The number of benzene rings is 3. The Kier molecular flexibility index (Phi) is 6.65. The first-order chi connectivity index (χ1) is 19.6. The molecule has 0 aliphatic heterocycles. The summed E-state index contributed by atoms with van der Waals surface area (Å²) in [6, 6.07) is 35.7. The van der Waals surface area contributed by atoms with Gasteiger partial charge in [0.2, 0.25) is 0 Å². The molecule has 0 N–H and O–H groups in total. The maximum absolute atomic E-state index is 14.0. The van der Waals surface area contributed by atoms with Crippen molar-refractivity contribution < 1.29 is 0 Å². The molecule has 0 amide bonds. The van der Waals surface area contributed by atoms with Crippen LogP contribution in [0.2, 0.25) is 0 Å². The zero-order valence-electron chi connectivity index (χ0n) is 22.0. The summed E-state index contributed by atoms with van der Waals surface area (Å²) in [6.07, 6.45) is 3.33. The van der Waals surface area contributed by atoms with Crippen LogP contribution >= 0.6 is 0 Å². The van der Waals surface area contributed by atoms with Gasteiger partial charge in [-0.1, -0.05) is 78.9 Å². The molecule has 0 fully saturated rings. The Morgan fingerprint density at radius 1 is 0.850 bits per heavy atom. The summed E-state index contributed by atoms with van der Waals surface area (Å²) in [7, 11) is 1.87. The molecule has 0 radical (unpaired) electrons. The van der Waals surface area contributed by atoms with E-state index >= 15 is 0 Å². The fraction of sp³-hybridized carbons (Fsp3) is 0.0909. The van der Waals surface area contributed by atoms with E-state index in [-0.39, 0.29) is 11.1 Å². The van der Waals surface area contributed by atoms with Gasteiger partial charge < -0.3 is 9.47 Å². The summed E-state index contributed by atoms with van der Waals surface area (Å²) < 4.78 is 3.39. The summed E-state index contributed by atoms with van der Waals surface area (Å²) in [5.41, 5.74) is 4.75. The number of hydrogen-bond donors (Lipinski definition) is 0. The molecule has 194 valence electrons. The first kappa shape index (κ1) is 24.8. The molecule has 0 aliphatic carbocycles. The fourth-order valence-electron chi connectivity index (χ4n) is 4.95. The molecule has 0 aliphatic rings. The van der Waals surface area contributed by atoms with E-state index in [4.69, 9.17) is 9.97 Å². The SMILES string of the molecule is Cn1c(/C(C#N)=C/c2c(N(Cc3ccccc3)Cc3ccccc3)nc3ccccn3c2=O)nc2ccccc21. The van der Waals surface area contributed by atoms with Gasteiger partial charge in [-0.15, -0.1) is 0 Å². The summed E-state index contributed by atoms with van der Waals surface area (Å²) in [5, 5.41) is 10.3. The van der Waals surface area contributed by atoms with Gasteiger partial charge in [0.05, 0.1) is 22.2 Å². The van der Waals surface area contributed by atoms with E-state index in [9.17, 15) is 10.1 Å². The molecule has 3 aromatic carbocycles. The van der Waals surface area contributed by atoms with Crippen LogP contribution in [0.15, 0.2) is 114 Å². The van der Waals surface area contributed by atoms with Crippen molar-refractivity contribution in [1.82, 2.24) is 18.9 Å². The van der Waals surface area contributed by atoms with Crippen molar-refractivity contribution in [2.24, 2.45) is 7.05 Å². The fourth-order valence-corrected chi connectivity index (χ4v) is 4.95. The predicted octanol–water partition coefficient (Wildman–Crippen LogP) is 5.85. The Labute approximate surface area is 231 Å². The number of nitriles is 1. The van der Waals surface area contributed by atoms with E-state index in [1.807, 2.05) is 84.4 Å². The molecule has 0 unspecified atom stereocenters. The van der Waals surface area contributed by atoms with Crippen molar-refractivity contribution in [3.63, 3.8) is 0 Å². The van der Waals surface area contributed by atoms with Crippen LogP contribution in [0.25, 0.3) is 28.3 Å². The van der Waals surface area contributed by atoms with Crippen molar-refractivity contribution in [1.29, 1.82) is 5.26 Å². The van der Waals surface area contributed by atoms with E-state index in [1.54, 1.807) is 18.3 Å². The normalized spacial score (nSPS) is 11.6. The summed E-state index contributed by atoms with van der Waals surface area (Å²) in [5.74, 6) is 1.00. The van der Waals surface area contributed by atoms with Crippen LogP contribution in [-0.4, -0.2) is 18.9 Å². The maximum atomic E-state index is 14.0. The number of imidazole rings is 1. The number of rotatable bonds is 7. The highest BCUT2D eigenvalue weighted by molar-refractivity contribution is 5.92. The van der Waals surface area contributed by atoms with Gasteiger partial charge in [0.25, 0.3) is 5.56 Å². The van der Waals surface area contributed by atoms with E-state index in [0.717, 1.165) is 22.2 Å². The third-order valence-electron chi connectivity index (χ3n) is 6.92. The minimum atomic E-state index is -0.252. The van der Waals surface area contributed by atoms with E-state index in [1.165, 1.54) is 4.40 Å². The monoisotopic (exact) mass is 522 g/mol. The second kappa shape index (κ2) is 10.7. The molecule has 7 heteroatoms. The molecule has 0 saturated carbocycles. The standard InChI is InChI=1S/C33H26N6O/c1-37-29-17-9-8-16-28(29)35-31(37)26(21-34)20-27-32(36-30-18-10-11-19-39(30)33(27)40)38(22-24-12-4-2-5-13-24)23-25-14-6-3-7-15-25/h2-20H,22-23H2,1H3/b26-20+. The average Bonchev–Trinajstić information content (AvgIpc) is 3.33. The molecule has 0 spiro atoms. The third-order valence-corrected chi connectivity index (χ3v) is 6.92. The van der Waals surface area contributed by atoms with E-state index < -0.39 is 0 Å². The first-order valence-electron chi connectivity index (χ1n) is 13.0. The van der Waals surface area contributed by atoms with Crippen molar-refractivity contribution in [2.45, 2.75) is 13.1 Å². The number of hydrogen-bond acceptors (Lipinski definition) is 5. The highest BCUT2D eigenvalue weighted by Gasteiger charge is 2.21. The largest absolute Gasteiger partial charge is 0.347 e. The van der Waals surface area contributed by atoms with Crippen LogP contribution in [0, 0.1) is 11.3 Å². The van der Waals surface area contributed by atoms with E-state index in [0.29, 0.717) is 35.9 Å². The number of para-hydroxylation sites is 2. The molecule has 0 bridgehead atoms. The van der Waals surface area contributed by atoms with Crippen LogP contribution in [0.5, 0.6) is 0 Å². The minimum Gasteiger partial charge on any atom is -0.347 e. The number of anilines is 1. The highest BCUT2D eigenvalue weighted by Crippen LogP contribution is 2.27. The van der Waals surface area contributed by atoms with Crippen molar-refractivity contribution in [3.05, 3.63) is 142 Å². The number of aryl methyl sites for hydroxylation is 1. The van der Waals surface area contributed by atoms with Crippen LogP contribution in [0.4, 0.5) is 5.82 Å². The Bertz CT molecular complexity index is 1910. The molecule has 0 saturated heterocycles. The van der Waals surface area contributed by atoms with Crippen molar-refractivity contribution >= 4 is 34.1 Å².